The summed E-state index contributed by atoms with van der Waals surface area (Å²) in [6.45, 7) is 6.18. The smallest absolute Gasteiger partial charge is 0.301 e. The number of carbonyl (C=O) groups is 2. The highest BCUT2D eigenvalue weighted by Gasteiger charge is 2.48. The Morgan fingerprint density at radius 3 is 2.55 bits per heavy atom. The fourth-order valence-electron chi connectivity index (χ4n) is 5.22. The molecule has 0 aliphatic carbocycles. The van der Waals surface area contributed by atoms with Crippen LogP contribution in [0, 0.1) is 0 Å². The number of fused-ring (bicyclic) bond motifs is 1. The molecule has 10 heteroatoms. The molecule has 1 fully saturated rings. The van der Waals surface area contributed by atoms with E-state index in [-0.39, 0.29) is 17.4 Å². The molecule has 0 saturated carbocycles. The average molecular weight is 618 g/mol. The molecule has 3 aromatic carbocycles. The van der Waals surface area contributed by atoms with E-state index in [2.05, 4.69) is 24.0 Å². The number of amides is 1. The van der Waals surface area contributed by atoms with E-state index in [9.17, 15) is 14.7 Å². The van der Waals surface area contributed by atoms with Crippen LogP contribution in [0.5, 0.6) is 5.75 Å². The van der Waals surface area contributed by atoms with Crippen LogP contribution in [0.25, 0.3) is 5.76 Å². The Morgan fingerprint density at radius 2 is 1.83 bits per heavy atom. The van der Waals surface area contributed by atoms with Crippen LogP contribution >= 0.6 is 34.7 Å². The number of aromatic nitrogens is 2. The quantitative estimate of drug-likeness (QED) is 0.0752. The number of Topliss-reactive ketones (excluding diaryl/α,β-unsaturated/α-hetero) is 1. The molecule has 6 rings (SSSR count). The fourth-order valence-corrected chi connectivity index (χ4v) is 7.17. The van der Waals surface area contributed by atoms with Gasteiger partial charge in [-0.2, -0.15) is 0 Å². The summed E-state index contributed by atoms with van der Waals surface area (Å²) in [4.78, 5) is 28.6. The summed E-state index contributed by atoms with van der Waals surface area (Å²) >= 11 is 8.72. The molecular weight excluding hydrogens is 590 g/mol. The lowest BCUT2D eigenvalue weighted by atomic mass is 9.93. The minimum atomic E-state index is -0.864. The van der Waals surface area contributed by atoms with Gasteiger partial charge < -0.3 is 9.84 Å². The van der Waals surface area contributed by atoms with E-state index in [0.717, 1.165) is 22.4 Å². The van der Waals surface area contributed by atoms with Gasteiger partial charge in [-0.15, -0.1) is 10.2 Å². The number of aliphatic hydroxyl groups is 1. The van der Waals surface area contributed by atoms with Gasteiger partial charge in [0.25, 0.3) is 5.78 Å². The molecule has 3 heterocycles. The molecule has 1 aromatic heterocycles. The van der Waals surface area contributed by atoms with E-state index >= 15 is 0 Å². The number of hydrogen-bond acceptors (Lipinski definition) is 8. The maximum absolute atomic E-state index is 13.6. The summed E-state index contributed by atoms with van der Waals surface area (Å²) in [5.41, 5.74) is 4.33. The van der Waals surface area contributed by atoms with Crippen LogP contribution < -0.4 is 9.64 Å². The van der Waals surface area contributed by atoms with Crippen LogP contribution in [0.1, 0.15) is 60.5 Å². The molecule has 7 nitrogen and oxygen atoms in total. The highest BCUT2D eigenvalue weighted by atomic mass is 35.5. The van der Waals surface area contributed by atoms with Gasteiger partial charge in [0.2, 0.25) is 5.13 Å². The summed E-state index contributed by atoms with van der Waals surface area (Å²) in [5, 5.41) is 21.1. The van der Waals surface area contributed by atoms with Crippen molar-refractivity contribution in [1.82, 2.24) is 10.2 Å². The molecule has 0 bridgehead atoms. The molecule has 42 heavy (non-hydrogen) atoms. The van der Waals surface area contributed by atoms with E-state index in [1.807, 2.05) is 61.5 Å². The predicted molar refractivity (Wildman–Crippen MR) is 166 cm³/mol. The van der Waals surface area contributed by atoms with Gasteiger partial charge in [0.15, 0.2) is 4.34 Å². The first-order valence-corrected chi connectivity index (χ1v) is 15.8. The first-order chi connectivity index (χ1) is 20.2. The lowest BCUT2D eigenvalue weighted by Crippen LogP contribution is -2.29. The van der Waals surface area contributed by atoms with Gasteiger partial charge in [-0.25, -0.2) is 0 Å². The third-order valence-corrected chi connectivity index (χ3v) is 9.79. The number of hydrogen-bond donors (Lipinski definition) is 1. The summed E-state index contributed by atoms with van der Waals surface area (Å²) in [5.74, 6) is -0.0227. The minimum Gasteiger partial charge on any atom is -0.507 e. The SMILES string of the molecule is CC1Cc2cc(/C(O)=C3/C(=O)C(=O)N(c4nnc(SCc5ccc(Cl)cc5)s4)C3c3ccc(C(C)C)cc3)ccc2O1. The largest absolute Gasteiger partial charge is 0.507 e. The second kappa shape index (κ2) is 11.6. The Morgan fingerprint density at radius 1 is 1.10 bits per heavy atom. The van der Waals surface area contributed by atoms with Crippen molar-refractivity contribution >= 4 is 57.3 Å². The molecule has 1 N–H and O–H groups in total. The number of ether oxygens (including phenoxy) is 1. The topological polar surface area (TPSA) is 92.6 Å². The number of nitrogens with zero attached hydrogens (tertiary/aromatic N) is 3. The third kappa shape index (κ3) is 5.44. The molecule has 0 spiro atoms. The van der Waals surface area contributed by atoms with Crippen LogP contribution in [0.15, 0.2) is 76.6 Å². The van der Waals surface area contributed by atoms with Gasteiger partial charge in [-0.05, 0) is 65.4 Å². The second-order valence-electron chi connectivity index (χ2n) is 10.7. The zero-order chi connectivity index (χ0) is 29.5. The molecule has 2 atom stereocenters. The molecule has 4 aromatic rings. The Kier molecular flexibility index (Phi) is 7.83. The molecule has 2 aliphatic rings. The summed E-state index contributed by atoms with van der Waals surface area (Å²) in [6, 6.07) is 19.8. The van der Waals surface area contributed by atoms with E-state index in [0.29, 0.717) is 43.7 Å². The standard InChI is InChI=1S/C32H28ClN3O4S2/c1-17(2)20-6-8-21(9-7-20)27-26(28(37)22-10-13-25-23(15-22)14-18(3)40-25)29(38)30(39)36(27)31-34-35-32(42-31)41-16-19-4-11-24(33)12-5-19/h4-13,15,17-18,27,37H,14,16H2,1-3H3/b28-26-. The zero-order valence-electron chi connectivity index (χ0n) is 23.2. The molecular formula is C32H28ClN3O4S2. The van der Waals surface area contributed by atoms with Gasteiger partial charge in [0, 0.05) is 22.8 Å². The molecule has 1 amide bonds. The van der Waals surface area contributed by atoms with Crippen LogP contribution in [0.2, 0.25) is 5.02 Å². The van der Waals surface area contributed by atoms with Crippen molar-refractivity contribution in [3.05, 3.63) is 105 Å². The van der Waals surface area contributed by atoms with Crippen LogP contribution in [-0.2, 0) is 21.8 Å². The van der Waals surface area contributed by atoms with Gasteiger partial charge in [0.1, 0.15) is 17.6 Å². The first kappa shape index (κ1) is 28.5. The lowest BCUT2D eigenvalue weighted by molar-refractivity contribution is -0.132. The van der Waals surface area contributed by atoms with Crippen molar-refractivity contribution < 1.29 is 19.4 Å². The van der Waals surface area contributed by atoms with E-state index in [1.165, 1.54) is 28.0 Å². The summed E-state index contributed by atoms with van der Waals surface area (Å²) < 4.78 is 6.46. The Bertz CT molecular complexity index is 1700. The molecule has 1 saturated heterocycles. The highest BCUT2D eigenvalue weighted by Crippen LogP contribution is 2.45. The number of halogens is 1. The van der Waals surface area contributed by atoms with Gasteiger partial charge in [-0.3, -0.25) is 14.5 Å². The Labute approximate surface area is 257 Å². The Hall–Kier alpha value is -3.66. The number of rotatable bonds is 7. The number of benzene rings is 3. The van der Waals surface area contributed by atoms with Crippen LogP contribution in [0.3, 0.4) is 0 Å². The van der Waals surface area contributed by atoms with E-state index < -0.39 is 17.7 Å². The summed E-state index contributed by atoms with van der Waals surface area (Å²) in [7, 11) is 0. The molecule has 0 radical (unpaired) electrons. The number of aliphatic hydroxyl groups excluding tert-OH is 1. The number of thioether (sulfide) groups is 1. The average Bonchev–Trinajstić information content (AvgIpc) is 3.67. The lowest BCUT2D eigenvalue weighted by Gasteiger charge is -2.23. The van der Waals surface area contributed by atoms with Crippen molar-refractivity contribution in [2.45, 2.75) is 55.3 Å². The van der Waals surface area contributed by atoms with E-state index in [4.69, 9.17) is 16.3 Å². The number of ketones is 1. The number of carbonyl (C=O) groups excluding carboxylic acids is 2. The number of anilines is 1. The van der Waals surface area contributed by atoms with Crippen LogP contribution in [-0.4, -0.2) is 33.1 Å². The van der Waals surface area contributed by atoms with Crippen molar-refractivity contribution in [3.8, 4) is 5.75 Å². The summed E-state index contributed by atoms with van der Waals surface area (Å²) in [6.07, 6.45) is 0.734. The Balaban J connectivity index is 1.39. The maximum Gasteiger partial charge on any atom is 0.301 e. The maximum atomic E-state index is 13.6. The fraction of sp³-hybridized carbons (Fsp3) is 0.250. The second-order valence-corrected chi connectivity index (χ2v) is 13.3. The van der Waals surface area contributed by atoms with Gasteiger partial charge in [-0.1, -0.05) is 84.9 Å². The molecule has 2 unspecified atom stereocenters. The van der Waals surface area contributed by atoms with Crippen LogP contribution in [0.4, 0.5) is 5.13 Å². The van der Waals surface area contributed by atoms with E-state index in [1.54, 1.807) is 12.1 Å². The molecule has 2 aliphatic heterocycles. The monoisotopic (exact) mass is 617 g/mol. The minimum absolute atomic E-state index is 0.0229. The zero-order valence-corrected chi connectivity index (χ0v) is 25.6. The van der Waals surface area contributed by atoms with Crippen molar-refractivity contribution in [3.63, 3.8) is 0 Å². The highest BCUT2D eigenvalue weighted by molar-refractivity contribution is 8.00. The van der Waals surface area contributed by atoms with Crippen molar-refractivity contribution in [2.75, 3.05) is 4.90 Å². The molecule has 214 valence electrons. The van der Waals surface area contributed by atoms with Crippen molar-refractivity contribution in [2.24, 2.45) is 0 Å². The van der Waals surface area contributed by atoms with Gasteiger partial charge >= 0.3 is 5.91 Å². The van der Waals surface area contributed by atoms with Crippen molar-refractivity contribution in [1.29, 1.82) is 0 Å². The third-order valence-electron chi connectivity index (χ3n) is 7.41. The normalized spacial score (nSPS) is 19.4. The predicted octanol–water partition coefficient (Wildman–Crippen LogP) is 7.56. The van der Waals surface area contributed by atoms with Gasteiger partial charge in [0.05, 0.1) is 11.6 Å². The first-order valence-electron chi connectivity index (χ1n) is 13.6.